The number of amides is 1. The number of nitrogens with zero attached hydrogens (tertiary/aromatic N) is 4. The molecule has 1 aromatic rings. The number of hydrogen-bond acceptors (Lipinski definition) is 5. The highest BCUT2D eigenvalue weighted by Gasteiger charge is 2.32. The van der Waals surface area contributed by atoms with Crippen molar-refractivity contribution < 1.29 is 9.32 Å². The van der Waals surface area contributed by atoms with Gasteiger partial charge >= 0.3 is 0 Å². The van der Waals surface area contributed by atoms with Crippen molar-refractivity contribution in [1.82, 2.24) is 19.9 Å². The molecular weight excluding hydrogens is 304 g/mol. The van der Waals surface area contributed by atoms with Crippen molar-refractivity contribution in [2.45, 2.75) is 70.8 Å². The van der Waals surface area contributed by atoms with Crippen LogP contribution < -0.4 is 0 Å². The van der Waals surface area contributed by atoms with Crippen molar-refractivity contribution in [2.75, 3.05) is 26.2 Å². The summed E-state index contributed by atoms with van der Waals surface area (Å²) in [5.74, 6) is 1.93. The number of carbonyl (C=O) groups is 1. The van der Waals surface area contributed by atoms with Crippen LogP contribution in [-0.4, -0.2) is 58.1 Å². The molecule has 0 spiro atoms. The van der Waals surface area contributed by atoms with Gasteiger partial charge in [-0.3, -0.25) is 9.69 Å². The lowest BCUT2D eigenvalue weighted by atomic mass is 9.96. The Kier molecular flexibility index (Phi) is 5.87. The van der Waals surface area contributed by atoms with Gasteiger partial charge in [0.25, 0.3) is 0 Å². The molecule has 0 radical (unpaired) electrons. The second kappa shape index (κ2) is 8.10. The van der Waals surface area contributed by atoms with Crippen LogP contribution in [0.5, 0.6) is 0 Å². The van der Waals surface area contributed by atoms with Crippen molar-refractivity contribution in [1.29, 1.82) is 0 Å². The molecule has 0 unspecified atom stereocenters. The van der Waals surface area contributed by atoms with Crippen LogP contribution in [0.3, 0.4) is 0 Å². The second-order valence-corrected chi connectivity index (χ2v) is 7.15. The third-order valence-corrected chi connectivity index (χ3v) is 5.43. The Bertz CT molecular complexity index is 537. The molecule has 2 aliphatic rings. The fourth-order valence-electron chi connectivity index (χ4n) is 3.87. The summed E-state index contributed by atoms with van der Waals surface area (Å²) in [5, 5.41) is 4.12. The molecule has 24 heavy (non-hydrogen) atoms. The maximum atomic E-state index is 13.0. The third-order valence-electron chi connectivity index (χ3n) is 5.43. The fraction of sp³-hybridized carbons (Fsp3) is 0.833. The van der Waals surface area contributed by atoms with E-state index in [9.17, 15) is 4.79 Å². The van der Waals surface area contributed by atoms with E-state index in [0.29, 0.717) is 5.89 Å². The van der Waals surface area contributed by atoms with Gasteiger partial charge in [0.1, 0.15) is 0 Å². The SMILES string of the molecule is CCc1nc([C@H]2CCCN(C(=O)[C@@H](C)N3CCCCCC3)C2)no1. The average molecular weight is 334 g/mol. The second-order valence-electron chi connectivity index (χ2n) is 7.15. The van der Waals surface area contributed by atoms with Crippen molar-refractivity contribution >= 4 is 5.91 Å². The number of hydrogen-bond donors (Lipinski definition) is 0. The molecule has 0 saturated carbocycles. The van der Waals surface area contributed by atoms with E-state index in [-0.39, 0.29) is 17.9 Å². The summed E-state index contributed by atoms with van der Waals surface area (Å²) in [6.45, 7) is 7.76. The predicted molar refractivity (Wildman–Crippen MR) is 91.7 cm³/mol. The first-order chi connectivity index (χ1) is 11.7. The maximum absolute atomic E-state index is 13.0. The largest absolute Gasteiger partial charge is 0.341 e. The molecule has 0 aromatic carbocycles. The molecule has 0 N–H and O–H groups in total. The molecule has 2 atom stereocenters. The van der Waals surface area contributed by atoms with Crippen LogP contribution in [0.25, 0.3) is 0 Å². The van der Waals surface area contributed by atoms with E-state index in [0.717, 1.165) is 51.3 Å². The van der Waals surface area contributed by atoms with Gasteiger partial charge in [0.2, 0.25) is 11.8 Å². The van der Waals surface area contributed by atoms with Crippen LogP contribution in [0, 0.1) is 0 Å². The Morgan fingerprint density at radius 1 is 1.21 bits per heavy atom. The zero-order chi connectivity index (χ0) is 16.9. The van der Waals surface area contributed by atoms with Crippen LogP contribution >= 0.6 is 0 Å². The van der Waals surface area contributed by atoms with Crippen LogP contribution in [0.15, 0.2) is 4.52 Å². The van der Waals surface area contributed by atoms with E-state index in [1.807, 2.05) is 11.8 Å². The van der Waals surface area contributed by atoms with Gasteiger partial charge in [0, 0.05) is 25.4 Å². The number of piperidine rings is 1. The first-order valence-corrected chi connectivity index (χ1v) is 9.54. The number of rotatable bonds is 4. The molecule has 2 aliphatic heterocycles. The molecule has 1 aromatic heterocycles. The van der Waals surface area contributed by atoms with Gasteiger partial charge in [-0.2, -0.15) is 4.98 Å². The summed E-state index contributed by atoms with van der Waals surface area (Å²) in [7, 11) is 0. The summed E-state index contributed by atoms with van der Waals surface area (Å²) in [4.78, 5) is 21.8. The predicted octanol–water partition coefficient (Wildman–Crippen LogP) is 2.60. The number of aryl methyl sites for hydroxylation is 1. The molecule has 3 rings (SSSR count). The Morgan fingerprint density at radius 3 is 2.62 bits per heavy atom. The van der Waals surface area contributed by atoms with Crippen molar-refractivity contribution in [2.24, 2.45) is 0 Å². The van der Waals surface area contributed by atoms with Gasteiger partial charge in [-0.15, -0.1) is 0 Å². The minimum Gasteiger partial charge on any atom is -0.341 e. The maximum Gasteiger partial charge on any atom is 0.239 e. The standard InChI is InChI=1S/C18H30N4O2/c1-3-16-19-17(20-24-16)15-9-8-12-22(13-15)18(23)14(2)21-10-6-4-5-7-11-21/h14-15H,3-13H2,1-2H3/t14-,15+/m1/s1. The lowest BCUT2D eigenvalue weighted by molar-refractivity contribution is -0.137. The van der Waals surface area contributed by atoms with E-state index in [4.69, 9.17) is 4.52 Å². The van der Waals surface area contributed by atoms with Crippen LogP contribution in [-0.2, 0) is 11.2 Å². The summed E-state index contributed by atoms with van der Waals surface area (Å²) in [6.07, 6.45) is 7.81. The molecule has 0 aliphatic carbocycles. The van der Waals surface area contributed by atoms with Gasteiger partial charge in [0.15, 0.2) is 5.82 Å². The summed E-state index contributed by atoms with van der Waals surface area (Å²) in [6, 6.07) is -0.0154. The lowest BCUT2D eigenvalue weighted by Gasteiger charge is -2.36. The highest BCUT2D eigenvalue weighted by molar-refractivity contribution is 5.81. The van der Waals surface area contributed by atoms with Crippen LogP contribution in [0.1, 0.15) is 70.0 Å². The topological polar surface area (TPSA) is 62.5 Å². The molecular formula is C18H30N4O2. The first kappa shape index (κ1) is 17.4. The Balaban J connectivity index is 1.61. The average Bonchev–Trinajstić information content (AvgIpc) is 2.95. The summed E-state index contributed by atoms with van der Waals surface area (Å²) < 4.78 is 5.25. The Labute approximate surface area is 144 Å². The van der Waals surface area contributed by atoms with Crippen molar-refractivity contribution in [3.63, 3.8) is 0 Å². The molecule has 134 valence electrons. The van der Waals surface area contributed by atoms with Crippen LogP contribution in [0.2, 0.25) is 0 Å². The van der Waals surface area contributed by atoms with Gasteiger partial charge in [-0.05, 0) is 45.7 Å². The Morgan fingerprint density at radius 2 is 1.96 bits per heavy atom. The van der Waals surface area contributed by atoms with E-state index >= 15 is 0 Å². The van der Waals surface area contributed by atoms with Crippen LogP contribution in [0.4, 0.5) is 0 Å². The number of likely N-dealkylation sites (tertiary alicyclic amines) is 2. The molecule has 6 nitrogen and oxygen atoms in total. The fourth-order valence-corrected chi connectivity index (χ4v) is 3.87. The minimum absolute atomic E-state index is 0.0154. The van der Waals surface area contributed by atoms with Crippen molar-refractivity contribution in [3.8, 4) is 0 Å². The zero-order valence-electron chi connectivity index (χ0n) is 15.0. The van der Waals surface area contributed by atoms with E-state index < -0.39 is 0 Å². The number of carbonyl (C=O) groups excluding carboxylic acids is 1. The van der Waals surface area contributed by atoms with Gasteiger partial charge in [-0.25, -0.2) is 0 Å². The monoisotopic (exact) mass is 334 g/mol. The molecule has 0 bridgehead atoms. The van der Waals surface area contributed by atoms with E-state index in [2.05, 4.69) is 22.0 Å². The summed E-state index contributed by atoms with van der Waals surface area (Å²) in [5.41, 5.74) is 0. The number of aromatic nitrogens is 2. The zero-order valence-corrected chi connectivity index (χ0v) is 15.0. The van der Waals surface area contributed by atoms with Crippen molar-refractivity contribution in [3.05, 3.63) is 11.7 Å². The highest BCUT2D eigenvalue weighted by Crippen LogP contribution is 2.26. The Hall–Kier alpha value is -1.43. The van der Waals surface area contributed by atoms with Gasteiger partial charge < -0.3 is 9.42 Å². The normalized spacial score (nSPS) is 24.6. The minimum atomic E-state index is -0.0154. The third kappa shape index (κ3) is 3.97. The van der Waals surface area contributed by atoms with Gasteiger partial charge in [-0.1, -0.05) is 24.9 Å². The van der Waals surface area contributed by atoms with E-state index in [1.54, 1.807) is 0 Å². The lowest BCUT2D eigenvalue weighted by Crippen LogP contribution is -2.50. The quantitative estimate of drug-likeness (QED) is 0.847. The molecule has 6 heteroatoms. The molecule has 2 fully saturated rings. The molecule has 3 heterocycles. The summed E-state index contributed by atoms with van der Waals surface area (Å²) >= 11 is 0. The molecule has 1 amide bonds. The molecule has 2 saturated heterocycles. The smallest absolute Gasteiger partial charge is 0.239 e. The van der Waals surface area contributed by atoms with E-state index in [1.165, 1.54) is 25.7 Å². The van der Waals surface area contributed by atoms with Gasteiger partial charge in [0.05, 0.1) is 6.04 Å². The highest BCUT2D eigenvalue weighted by atomic mass is 16.5. The first-order valence-electron chi connectivity index (χ1n) is 9.54.